The van der Waals surface area contributed by atoms with Crippen molar-refractivity contribution in [1.29, 1.82) is 0 Å². The Morgan fingerprint density at radius 1 is 1.04 bits per heavy atom. The minimum Gasteiger partial charge on any atom is -0.464 e. The lowest BCUT2D eigenvalue weighted by Gasteiger charge is -2.10. The molecule has 2 aromatic carbocycles. The van der Waals surface area contributed by atoms with Gasteiger partial charge in [0.25, 0.3) is 0 Å². The summed E-state index contributed by atoms with van der Waals surface area (Å²) < 4.78 is 44.4. The molecule has 0 atom stereocenters. The van der Waals surface area contributed by atoms with E-state index in [0.717, 1.165) is 23.9 Å². The number of carbonyl (C=O) groups excluding carboxylic acids is 2. The van der Waals surface area contributed by atoms with Crippen molar-refractivity contribution >= 4 is 11.8 Å². The summed E-state index contributed by atoms with van der Waals surface area (Å²) in [5, 5.41) is 7.41. The molecule has 0 saturated heterocycles. The van der Waals surface area contributed by atoms with Crippen molar-refractivity contribution < 1.29 is 27.5 Å². The third kappa shape index (κ3) is 3.57. The van der Waals surface area contributed by atoms with Crippen LogP contribution in [0.2, 0.25) is 0 Å². The Balaban J connectivity index is 2.14. The Morgan fingerprint density at radius 2 is 1.74 bits per heavy atom. The van der Waals surface area contributed by atoms with Gasteiger partial charge >= 0.3 is 12.1 Å². The smallest absolute Gasteiger partial charge is 0.416 e. The van der Waals surface area contributed by atoms with Crippen molar-refractivity contribution in [3.63, 3.8) is 0 Å². The average Bonchev–Trinajstić information content (AvgIpc) is 3.12. The number of methoxy groups -OCH3 is 1. The van der Waals surface area contributed by atoms with E-state index in [1.165, 1.54) is 24.3 Å². The summed E-state index contributed by atoms with van der Waals surface area (Å²) >= 11 is 0. The molecule has 1 aromatic heterocycles. The van der Waals surface area contributed by atoms with Gasteiger partial charge in [0.15, 0.2) is 11.4 Å². The Kier molecular flexibility index (Phi) is 4.76. The molecule has 27 heavy (non-hydrogen) atoms. The maximum absolute atomic E-state index is 13.0. The number of halogens is 3. The van der Waals surface area contributed by atoms with E-state index in [9.17, 15) is 22.8 Å². The van der Waals surface area contributed by atoms with Crippen LogP contribution < -0.4 is 0 Å². The first kappa shape index (κ1) is 18.3. The molecule has 3 aromatic rings. The van der Waals surface area contributed by atoms with Crippen LogP contribution in [0.25, 0.3) is 5.69 Å². The number of ether oxygens (including phenoxy) is 1. The van der Waals surface area contributed by atoms with Gasteiger partial charge in [0.1, 0.15) is 0 Å². The Labute approximate surface area is 151 Å². The second kappa shape index (κ2) is 7.02. The third-order valence-corrected chi connectivity index (χ3v) is 3.72. The summed E-state index contributed by atoms with van der Waals surface area (Å²) in [4.78, 5) is 24.9. The predicted molar refractivity (Wildman–Crippen MR) is 87.6 cm³/mol. The number of carbonyl (C=O) groups is 2. The highest BCUT2D eigenvalue weighted by atomic mass is 19.4. The molecule has 0 amide bonds. The molecule has 0 aliphatic rings. The zero-order chi connectivity index (χ0) is 19.6. The van der Waals surface area contributed by atoms with Gasteiger partial charge < -0.3 is 4.74 Å². The van der Waals surface area contributed by atoms with Crippen LogP contribution in [-0.2, 0) is 10.9 Å². The molecule has 9 heteroatoms. The average molecular weight is 375 g/mol. The molecule has 0 N–H and O–H groups in total. The number of hydrogen-bond acceptors (Lipinski definition) is 5. The van der Waals surface area contributed by atoms with Crippen molar-refractivity contribution in [3.05, 3.63) is 77.1 Å². The van der Waals surface area contributed by atoms with Crippen molar-refractivity contribution in [1.82, 2.24) is 15.0 Å². The van der Waals surface area contributed by atoms with E-state index in [1.807, 2.05) is 0 Å². The minimum absolute atomic E-state index is 0.0789. The molecular weight excluding hydrogens is 363 g/mol. The lowest BCUT2D eigenvalue weighted by atomic mass is 10.1. The highest BCUT2D eigenvalue weighted by Crippen LogP contribution is 2.30. The third-order valence-electron chi connectivity index (χ3n) is 3.72. The van der Waals surface area contributed by atoms with Crippen LogP contribution in [0.4, 0.5) is 13.2 Å². The summed E-state index contributed by atoms with van der Waals surface area (Å²) in [6.45, 7) is 0. The van der Waals surface area contributed by atoms with E-state index in [4.69, 9.17) is 0 Å². The van der Waals surface area contributed by atoms with Gasteiger partial charge in [-0.1, -0.05) is 41.6 Å². The minimum atomic E-state index is -4.58. The number of rotatable bonds is 4. The fraction of sp³-hybridized carbons (Fsp3) is 0.111. The van der Waals surface area contributed by atoms with E-state index in [0.29, 0.717) is 0 Å². The summed E-state index contributed by atoms with van der Waals surface area (Å²) in [7, 11) is 1.09. The van der Waals surface area contributed by atoms with Crippen molar-refractivity contribution in [2.45, 2.75) is 6.18 Å². The van der Waals surface area contributed by atoms with Crippen LogP contribution in [0.3, 0.4) is 0 Å². The summed E-state index contributed by atoms with van der Waals surface area (Å²) in [5.74, 6) is -1.55. The molecule has 0 spiro atoms. The molecule has 0 saturated carbocycles. The monoisotopic (exact) mass is 375 g/mol. The zero-order valence-corrected chi connectivity index (χ0v) is 13.9. The van der Waals surface area contributed by atoms with Gasteiger partial charge in [-0.3, -0.25) is 4.79 Å². The normalized spacial score (nSPS) is 11.3. The molecule has 1 heterocycles. The van der Waals surface area contributed by atoms with Crippen molar-refractivity contribution in [2.75, 3.05) is 7.11 Å². The fourth-order valence-corrected chi connectivity index (χ4v) is 2.44. The van der Waals surface area contributed by atoms with E-state index < -0.39 is 23.5 Å². The molecule has 0 bridgehead atoms. The first-order valence-corrected chi connectivity index (χ1v) is 7.64. The first-order valence-electron chi connectivity index (χ1n) is 7.64. The van der Waals surface area contributed by atoms with Crippen LogP contribution in [0.1, 0.15) is 32.1 Å². The van der Waals surface area contributed by atoms with Crippen LogP contribution in [0.15, 0.2) is 54.6 Å². The SMILES string of the molecule is COC(=O)c1c(C(=O)c2ccccc2)nnn1-c1cccc(C(F)(F)F)c1. The highest BCUT2D eigenvalue weighted by Gasteiger charge is 2.32. The van der Waals surface area contributed by atoms with Gasteiger partial charge in [-0.2, -0.15) is 13.2 Å². The van der Waals surface area contributed by atoms with E-state index >= 15 is 0 Å². The number of aromatic nitrogens is 3. The maximum Gasteiger partial charge on any atom is 0.416 e. The van der Waals surface area contributed by atoms with Crippen molar-refractivity contribution in [2.24, 2.45) is 0 Å². The summed E-state index contributed by atoms with van der Waals surface area (Å²) in [6.07, 6.45) is -4.58. The highest BCUT2D eigenvalue weighted by molar-refractivity contribution is 6.12. The standard InChI is InChI=1S/C18H12F3N3O3/c1-27-17(26)15-14(16(25)11-6-3-2-4-7-11)22-23-24(15)13-9-5-8-12(10-13)18(19,20)21/h2-10H,1H3. The number of benzene rings is 2. The van der Waals surface area contributed by atoms with Gasteiger partial charge in [0, 0.05) is 5.56 Å². The van der Waals surface area contributed by atoms with Crippen LogP contribution in [-0.4, -0.2) is 33.9 Å². The van der Waals surface area contributed by atoms with Gasteiger partial charge in [-0.25, -0.2) is 9.48 Å². The van der Waals surface area contributed by atoms with E-state index in [2.05, 4.69) is 15.0 Å². The molecular formula is C18H12F3N3O3. The molecule has 0 aliphatic carbocycles. The molecule has 0 aliphatic heterocycles. The lowest BCUT2D eigenvalue weighted by Crippen LogP contribution is -2.16. The van der Waals surface area contributed by atoms with E-state index in [1.54, 1.807) is 18.2 Å². The Hall–Kier alpha value is -3.49. The number of alkyl halides is 3. The number of ketones is 1. The first-order chi connectivity index (χ1) is 12.8. The van der Waals surface area contributed by atoms with Gasteiger partial charge in [-0.05, 0) is 18.2 Å². The number of nitrogens with zero attached hydrogens (tertiary/aromatic N) is 3. The van der Waals surface area contributed by atoms with Gasteiger partial charge in [0.2, 0.25) is 5.78 Å². The van der Waals surface area contributed by atoms with Gasteiger partial charge in [-0.15, -0.1) is 5.10 Å². The fourth-order valence-electron chi connectivity index (χ4n) is 2.44. The molecule has 0 unspecified atom stereocenters. The number of hydrogen-bond donors (Lipinski definition) is 0. The predicted octanol–water partition coefficient (Wildman–Crippen LogP) is 3.30. The van der Waals surface area contributed by atoms with E-state index in [-0.39, 0.29) is 22.6 Å². The quantitative estimate of drug-likeness (QED) is 0.517. The van der Waals surface area contributed by atoms with Crippen molar-refractivity contribution in [3.8, 4) is 5.69 Å². The lowest BCUT2D eigenvalue weighted by molar-refractivity contribution is -0.137. The zero-order valence-electron chi connectivity index (χ0n) is 13.9. The molecule has 0 radical (unpaired) electrons. The molecule has 3 rings (SSSR count). The second-order valence-electron chi connectivity index (χ2n) is 5.43. The second-order valence-corrected chi connectivity index (χ2v) is 5.43. The molecule has 6 nitrogen and oxygen atoms in total. The molecule has 138 valence electrons. The summed E-state index contributed by atoms with van der Waals surface area (Å²) in [6, 6.07) is 12.2. The van der Waals surface area contributed by atoms with Crippen LogP contribution >= 0.6 is 0 Å². The Morgan fingerprint density at radius 3 is 2.37 bits per heavy atom. The number of esters is 1. The van der Waals surface area contributed by atoms with Crippen LogP contribution in [0.5, 0.6) is 0 Å². The van der Waals surface area contributed by atoms with Gasteiger partial charge in [0.05, 0.1) is 18.4 Å². The topological polar surface area (TPSA) is 74.1 Å². The molecule has 0 fully saturated rings. The Bertz CT molecular complexity index is 998. The van der Waals surface area contributed by atoms with Crippen LogP contribution in [0, 0.1) is 0 Å². The maximum atomic E-state index is 13.0. The largest absolute Gasteiger partial charge is 0.464 e. The summed E-state index contributed by atoms with van der Waals surface area (Å²) in [5.41, 5.74) is -1.43.